The second-order valence-corrected chi connectivity index (χ2v) is 6.63. The van der Waals surface area contributed by atoms with Crippen LogP contribution >= 0.6 is 0 Å². The van der Waals surface area contributed by atoms with Crippen molar-refractivity contribution in [2.24, 2.45) is 5.73 Å². The number of H-pyrrole nitrogens is 1. The van der Waals surface area contributed by atoms with Crippen molar-refractivity contribution in [3.63, 3.8) is 0 Å². The molecular weight excluding hydrogens is 416 g/mol. The number of primary amides is 1. The lowest BCUT2D eigenvalue weighted by Gasteiger charge is -2.10. The van der Waals surface area contributed by atoms with E-state index < -0.39 is 23.4 Å². The Morgan fingerprint density at radius 3 is 2.41 bits per heavy atom. The monoisotopic (exact) mass is 436 g/mol. The minimum Gasteiger partial charge on any atom is -0.368 e. The van der Waals surface area contributed by atoms with Gasteiger partial charge in [-0.15, -0.1) is 0 Å². The molecule has 0 aliphatic rings. The average Bonchev–Trinajstić information content (AvgIpc) is 2.75. The van der Waals surface area contributed by atoms with Crippen LogP contribution in [0.5, 0.6) is 0 Å². The van der Waals surface area contributed by atoms with Crippen molar-refractivity contribution in [1.29, 1.82) is 0 Å². The highest BCUT2D eigenvalue weighted by molar-refractivity contribution is 5.95. The molecule has 0 aliphatic heterocycles. The molecule has 4 amide bonds. The van der Waals surface area contributed by atoms with E-state index in [1.807, 2.05) is 0 Å². The van der Waals surface area contributed by atoms with Crippen LogP contribution in [0.3, 0.4) is 0 Å². The number of carbonyl (C=O) groups is 3. The molecule has 3 aromatic rings. The van der Waals surface area contributed by atoms with Gasteiger partial charge in [0.25, 0.3) is 5.56 Å². The fraction of sp³-hybridized carbons (Fsp3) is 0.150. The van der Waals surface area contributed by atoms with E-state index in [9.17, 15) is 19.2 Å². The number of aryl methyl sites for hydroxylation is 1. The van der Waals surface area contributed by atoms with Gasteiger partial charge in [-0.25, -0.2) is 19.7 Å². The smallest absolute Gasteiger partial charge is 0.319 e. The minimum atomic E-state index is -0.676. The lowest BCUT2D eigenvalue weighted by Crippen LogP contribution is -2.36. The zero-order valence-corrected chi connectivity index (χ0v) is 17.0. The van der Waals surface area contributed by atoms with E-state index in [0.29, 0.717) is 17.1 Å². The Hall–Kier alpha value is -4.61. The van der Waals surface area contributed by atoms with Crippen molar-refractivity contribution in [1.82, 2.24) is 25.3 Å². The fourth-order valence-corrected chi connectivity index (χ4v) is 2.73. The fourth-order valence-electron chi connectivity index (χ4n) is 2.73. The summed E-state index contributed by atoms with van der Waals surface area (Å²) in [6.07, 6.45) is 2.85. The highest BCUT2D eigenvalue weighted by atomic mass is 16.2. The summed E-state index contributed by atoms with van der Waals surface area (Å²) < 4.78 is 0. The van der Waals surface area contributed by atoms with E-state index in [0.717, 1.165) is 0 Å². The van der Waals surface area contributed by atoms with Gasteiger partial charge in [0.15, 0.2) is 11.6 Å². The van der Waals surface area contributed by atoms with E-state index >= 15 is 0 Å². The van der Waals surface area contributed by atoms with E-state index in [2.05, 4.69) is 35.9 Å². The van der Waals surface area contributed by atoms with Gasteiger partial charge in [-0.2, -0.15) is 0 Å². The predicted molar refractivity (Wildman–Crippen MR) is 116 cm³/mol. The maximum Gasteiger partial charge on any atom is 0.319 e. The van der Waals surface area contributed by atoms with Crippen LogP contribution in [-0.2, 0) is 16.0 Å². The molecule has 0 aliphatic carbocycles. The van der Waals surface area contributed by atoms with Crippen LogP contribution in [0.25, 0.3) is 11.6 Å². The van der Waals surface area contributed by atoms with Crippen LogP contribution < -0.4 is 27.2 Å². The van der Waals surface area contributed by atoms with Crippen LogP contribution in [0.1, 0.15) is 11.3 Å². The molecule has 2 aromatic heterocycles. The van der Waals surface area contributed by atoms with Crippen LogP contribution in [0.2, 0.25) is 0 Å². The topological polar surface area (TPSA) is 185 Å². The van der Waals surface area contributed by atoms with E-state index in [-0.39, 0.29) is 30.2 Å². The standard InChI is InChI=1S/C20H20N8O4/c1-11-14(19(31)28-18(25-11)17-22-6-3-7-23-17)9-16(30)26-12-4-2-5-13(8-12)27-20(32)24-10-15(21)29/h2-8H,9-10H2,1H3,(H2,21,29)(H,26,30)(H2,24,27,32)(H,25,28,31). The first-order chi connectivity index (χ1) is 15.3. The van der Waals surface area contributed by atoms with Crippen molar-refractivity contribution >= 4 is 29.2 Å². The Bertz CT molecular complexity index is 1210. The summed E-state index contributed by atoms with van der Waals surface area (Å²) in [7, 11) is 0. The summed E-state index contributed by atoms with van der Waals surface area (Å²) in [6.45, 7) is 1.32. The van der Waals surface area contributed by atoms with Gasteiger partial charge >= 0.3 is 6.03 Å². The maximum atomic E-state index is 12.5. The van der Waals surface area contributed by atoms with Crippen LogP contribution in [0.4, 0.5) is 16.2 Å². The van der Waals surface area contributed by atoms with Gasteiger partial charge in [0.05, 0.1) is 13.0 Å². The molecule has 0 spiro atoms. The van der Waals surface area contributed by atoms with Gasteiger partial charge in [-0.3, -0.25) is 14.4 Å². The number of carbonyl (C=O) groups excluding carboxylic acids is 3. The Morgan fingerprint density at radius 2 is 1.75 bits per heavy atom. The number of rotatable bonds is 7. The molecule has 32 heavy (non-hydrogen) atoms. The maximum absolute atomic E-state index is 12.5. The highest BCUT2D eigenvalue weighted by Crippen LogP contribution is 2.16. The van der Waals surface area contributed by atoms with Gasteiger partial charge in [-0.1, -0.05) is 6.07 Å². The molecule has 12 nitrogen and oxygen atoms in total. The molecule has 164 valence electrons. The Labute approximate surface area is 181 Å². The summed E-state index contributed by atoms with van der Waals surface area (Å²) >= 11 is 0. The number of benzene rings is 1. The number of anilines is 2. The number of nitrogens with one attached hydrogen (secondary N) is 4. The third-order valence-electron chi connectivity index (χ3n) is 4.16. The van der Waals surface area contributed by atoms with Gasteiger partial charge in [0, 0.05) is 35.0 Å². The van der Waals surface area contributed by atoms with Gasteiger partial charge in [0.2, 0.25) is 11.8 Å². The molecule has 0 saturated heterocycles. The average molecular weight is 436 g/mol. The summed E-state index contributed by atoms with van der Waals surface area (Å²) in [4.78, 5) is 62.4. The second-order valence-electron chi connectivity index (χ2n) is 6.63. The minimum absolute atomic E-state index is 0.207. The zero-order chi connectivity index (χ0) is 23.1. The summed E-state index contributed by atoms with van der Waals surface area (Å²) in [5, 5.41) is 7.47. The molecule has 12 heteroatoms. The lowest BCUT2D eigenvalue weighted by molar-refractivity contribution is -0.117. The first-order valence-corrected chi connectivity index (χ1v) is 9.42. The van der Waals surface area contributed by atoms with Crippen molar-refractivity contribution in [3.05, 3.63) is 64.3 Å². The molecular formula is C20H20N8O4. The number of amides is 4. The molecule has 0 saturated carbocycles. The second kappa shape index (κ2) is 9.93. The van der Waals surface area contributed by atoms with Crippen molar-refractivity contribution in [2.75, 3.05) is 17.2 Å². The summed E-state index contributed by atoms with van der Waals surface area (Å²) in [6, 6.07) is 7.38. The molecule has 0 bridgehead atoms. The molecule has 0 radical (unpaired) electrons. The van der Waals surface area contributed by atoms with Crippen LogP contribution in [0.15, 0.2) is 47.5 Å². The molecule has 6 N–H and O–H groups in total. The Kier molecular flexibility index (Phi) is 6.85. The Balaban J connectivity index is 1.66. The van der Waals surface area contributed by atoms with E-state index in [4.69, 9.17) is 5.73 Å². The van der Waals surface area contributed by atoms with Crippen molar-refractivity contribution in [3.8, 4) is 11.6 Å². The summed E-state index contributed by atoms with van der Waals surface area (Å²) in [5.41, 5.74) is 5.89. The molecule has 3 rings (SSSR count). The first-order valence-electron chi connectivity index (χ1n) is 9.42. The zero-order valence-electron chi connectivity index (χ0n) is 17.0. The predicted octanol–water partition coefficient (Wildman–Crippen LogP) is 0.323. The number of hydrogen-bond acceptors (Lipinski definition) is 7. The van der Waals surface area contributed by atoms with Gasteiger partial charge < -0.3 is 26.7 Å². The molecule has 0 atom stereocenters. The number of aromatic amines is 1. The van der Waals surface area contributed by atoms with Gasteiger partial charge in [0.1, 0.15) is 0 Å². The number of aromatic nitrogens is 4. The van der Waals surface area contributed by atoms with Crippen molar-refractivity contribution in [2.45, 2.75) is 13.3 Å². The van der Waals surface area contributed by atoms with Crippen LogP contribution in [-0.4, -0.2) is 44.3 Å². The number of nitrogens with zero attached hydrogens (tertiary/aromatic N) is 3. The normalized spacial score (nSPS) is 10.3. The number of nitrogens with two attached hydrogens (primary N) is 1. The third kappa shape index (κ3) is 5.95. The largest absolute Gasteiger partial charge is 0.368 e. The lowest BCUT2D eigenvalue weighted by atomic mass is 10.1. The highest BCUT2D eigenvalue weighted by Gasteiger charge is 2.15. The quantitative estimate of drug-likeness (QED) is 0.353. The third-order valence-corrected chi connectivity index (χ3v) is 4.16. The Morgan fingerprint density at radius 1 is 1.06 bits per heavy atom. The number of hydrogen-bond donors (Lipinski definition) is 5. The van der Waals surface area contributed by atoms with E-state index in [1.54, 1.807) is 31.2 Å². The van der Waals surface area contributed by atoms with Crippen LogP contribution in [0, 0.1) is 6.92 Å². The SMILES string of the molecule is Cc1nc(-c2ncccn2)[nH]c(=O)c1CC(=O)Nc1cccc(NC(=O)NCC(N)=O)c1. The number of urea groups is 1. The van der Waals surface area contributed by atoms with E-state index in [1.165, 1.54) is 18.5 Å². The molecule has 0 unspecified atom stereocenters. The first kappa shape index (κ1) is 22.1. The summed E-state index contributed by atoms with van der Waals surface area (Å²) in [5.74, 6) is -0.636. The molecule has 1 aromatic carbocycles. The molecule has 2 heterocycles. The molecule has 0 fully saturated rings. The van der Waals surface area contributed by atoms with Crippen molar-refractivity contribution < 1.29 is 14.4 Å². The van der Waals surface area contributed by atoms with Gasteiger partial charge in [-0.05, 0) is 31.2 Å².